The molecule has 0 atom stereocenters. The topological polar surface area (TPSA) is 103 Å². The van der Waals surface area contributed by atoms with Gasteiger partial charge in [-0.1, -0.05) is 413 Å². The van der Waals surface area contributed by atoms with Gasteiger partial charge < -0.3 is 0 Å². The van der Waals surface area contributed by atoms with Crippen molar-refractivity contribution in [2.24, 2.45) is 0 Å². The molecule has 22 rings (SSSR count). The minimum atomic E-state index is 0.693. The van der Waals surface area contributed by atoms with Crippen LogP contribution in [-0.4, -0.2) is 39.9 Å². The Morgan fingerprint density at radius 2 is 0.258 bits per heavy atom. The lowest BCUT2D eigenvalue weighted by Gasteiger charge is -2.14. The number of aromatic nitrogens is 8. The van der Waals surface area contributed by atoms with E-state index in [0.29, 0.717) is 23.3 Å². The van der Waals surface area contributed by atoms with Gasteiger partial charge in [0.15, 0.2) is 23.3 Å². The van der Waals surface area contributed by atoms with Gasteiger partial charge in [-0.15, -0.1) is 0 Å². The first kappa shape index (κ1) is 74.8. The first-order valence-electron chi connectivity index (χ1n) is 41.8. The van der Waals surface area contributed by atoms with Crippen LogP contribution in [-0.2, 0) is 0 Å². The third kappa shape index (κ3) is 15.3. The molecule has 8 nitrogen and oxygen atoms in total. The van der Waals surface area contributed by atoms with Gasteiger partial charge >= 0.3 is 0 Å². The lowest BCUT2D eigenvalue weighted by atomic mass is 9.90. The maximum Gasteiger partial charge on any atom is 0.160 e. The first-order valence-corrected chi connectivity index (χ1v) is 41.8. The number of rotatable bonds is 16. The standard InChI is InChI=1S/2C58H38N4/c1-5-17-39(18-6-1)53-37-55(61-57(59-53)41-21-9-3-10-22-41)45-27-13-25-43(35-45)47-29-15-31-49-50-32-16-30-48(52(50)34-33-51(47)49)44-26-14-28-46(36-44)56-38-54(40-19-7-2-8-20-40)60-58(62-56)42-23-11-4-12-24-42;1-5-17-39(18-6-1)53-37-54(40-19-7-2-8-20-40)60-57(59-53)45-27-13-25-43(35-45)47-29-15-31-49-50-32-16-30-48(52(50)34-33-51(47)49)44-26-14-28-46(36-44)58-61-55(41-21-9-3-10-22-41)38-56(62-58)42-23-11-4-12-24-42/h2*1-38H. The lowest BCUT2D eigenvalue weighted by molar-refractivity contribution is 1.18. The molecular formula is C116H76N8. The second-order valence-electron chi connectivity index (χ2n) is 30.8. The van der Waals surface area contributed by atoms with E-state index in [1.165, 1.54) is 54.2 Å². The van der Waals surface area contributed by atoms with E-state index in [-0.39, 0.29) is 0 Å². The largest absolute Gasteiger partial charge is 0.228 e. The van der Waals surface area contributed by atoms with E-state index in [1.807, 2.05) is 146 Å². The van der Waals surface area contributed by atoms with Crippen molar-refractivity contribution in [3.05, 3.63) is 461 Å². The molecule has 0 aliphatic heterocycles. The Morgan fingerprint density at radius 3 is 0.484 bits per heavy atom. The molecule has 18 aromatic carbocycles. The van der Waals surface area contributed by atoms with Crippen LogP contribution in [0.15, 0.2) is 461 Å². The van der Waals surface area contributed by atoms with E-state index in [0.717, 1.165) is 146 Å². The molecule has 0 fully saturated rings. The maximum atomic E-state index is 5.12. The van der Waals surface area contributed by atoms with Gasteiger partial charge in [-0.3, -0.25) is 0 Å². The Morgan fingerprint density at radius 1 is 0.0968 bits per heavy atom. The molecule has 0 aliphatic rings. The fraction of sp³-hybridized carbons (Fsp3) is 0. The summed E-state index contributed by atoms with van der Waals surface area (Å²) in [5.41, 5.74) is 28.6. The minimum absolute atomic E-state index is 0.693. The SMILES string of the molecule is c1ccc(-c2cc(-c3cccc(-c4cccc5c4ccc4c(-c6cccc(-c7cc(-c8ccccc8)nc(-c8ccccc8)n7)c6)cccc45)c3)nc(-c3ccccc3)n2)cc1.c1ccc(-c2cc(-c3ccccc3)nc(-c3cccc(-c4cccc5c4ccc4c(-c6cccc(-c7nc(-c8ccccc8)cc(-c8ccccc8)n7)c6)cccc45)c3)n2)cc1. The third-order valence-electron chi connectivity index (χ3n) is 23.0. The van der Waals surface area contributed by atoms with Gasteiger partial charge in [0.25, 0.3) is 0 Å². The highest BCUT2D eigenvalue weighted by Gasteiger charge is 2.21. The van der Waals surface area contributed by atoms with Crippen LogP contribution in [0.3, 0.4) is 0 Å². The summed E-state index contributed by atoms with van der Waals surface area (Å²) in [7, 11) is 0. The highest BCUT2D eigenvalue weighted by atomic mass is 14.9. The summed E-state index contributed by atoms with van der Waals surface area (Å²) in [5.74, 6) is 2.80. The number of fused-ring (bicyclic) bond motifs is 6. The Kier molecular flexibility index (Phi) is 20.3. The van der Waals surface area contributed by atoms with Gasteiger partial charge in [0.2, 0.25) is 0 Å². The summed E-state index contributed by atoms with van der Waals surface area (Å²) in [6.07, 6.45) is 0. The molecule has 0 saturated carbocycles. The average Bonchev–Trinajstić information content (AvgIpc) is 0.754. The van der Waals surface area contributed by atoms with Crippen LogP contribution >= 0.6 is 0 Å². The van der Waals surface area contributed by atoms with E-state index in [2.05, 4.69) is 315 Å². The van der Waals surface area contributed by atoms with Crippen LogP contribution in [0.4, 0.5) is 0 Å². The predicted octanol–water partition coefficient (Wildman–Crippen LogP) is 29.8. The van der Waals surface area contributed by atoms with Crippen LogP contribution in [0, 0.1) is 0 Å². The fourth-order valence-corrected chi connectivity index (χ4v) is 16.9. The normalized spacial score (nSPS) is 11.2. The summed E-state index contributed by atoms with van der Waals surface area (Å²) >= 11 is 0. The molecule has 124 heavy (non-hydrogen) atoms. The van der Waals surface area contributed by atoms with Gasteiger partial charge in [0.05, 0.1) is 45.6 Å². The quantitative estimate of drug-likeness (QED) is 0.0882. The van der Waals surface area contributed by atoms with E-state index in [4.69, 9.17) is 39.9 Å². The molecule has 0 bridgehead atoms. The maximum absolute atomic E-state index is 5.12. The van der Waals surface area contributed by atoms with Gasteiger partial charge in [0.1, 0.15) is 0 Å². The van der Waals surface area contributed by atoms with Gasteiger partial charge in [-0.2, -0.15) is 0 Å². The molecule has 22 aromatic rings. The van der Waals surface area contributed by atoms with Crippen molar-refractivity contribution in [3.63, 3.8) is 0 Å². The smallest absolute Gasteiger partial charge is 0.160 e. The molecule has 0 saturated heterocycles. The van der Waals surface area contributed by atoms with Crippen LogP contribution in [0.1, 0.15) is 0 Å². The summed E-state index contributed by atoms with van der Waals surface area (Å²) < 4.78 is 0. The molecule has 0 unspecified atom stereocenters. The fourth-order valence-electron chi connectivity index (χ4n) is 16.9. The zero-order chi connectivity index (χ0) is 82.5. The van der Waals surface area contributed by atoms with Crippen molar-refractivity contribution in [2.45, 2.75) is 0 Å². The molecule has 0 spiro atoms. The Labute approximate surface area is 719 Å². The second-order valence-corrected chi connectivity index (χ2v) is 30.8. The van der Waals surface area contributed by atoms with Crippen LogP contribution < -0.4 is 0 Å². The number of nitrogens with zero attached hydrogens (tertiary/aromatic N) is 8. The highest BCUT2D eigenvalue weighted by Crippen LogP contribution is 2.44. The molecule has 580 valence electrons. The third-order valence-corrected chi connectivity index (χ3v) is 23.0. The van der Waals surface area contributed by atoms with Crippen LogP contribution in [0.2, 0.25) is 0 Å². The molecule has 0 aliphatic carbocycles. The van der Waals surface area contributed by atoms with Gasteiger partial charge in [-0.25, -0.2) is 39.9 Å². The minimum Gasteiger partial charge on any atom is -0.228 e. The summed E-state index contributed by atoms with van der Waals surface area (Å²) in [6, 6.07) is 161. The predicted molar refractivity (Wildman–Crippen MR) is 512 cm³/mol. The van der Waals surface area contributed by atoms with Gasteiger partial charge in [-0.05, 0) is 136 Å². The van der Waals surface area contributed by atoms with Crippen LogP contribution in [0.25, 0.3) is 223 Å². The molecule has 0 radical (unpaired) electrons. The van der Waals surface area contributed by atoms with E-state index < -0.39 is 0 Å². The van der Waals surface area contributed by atoms with E-state index in [9.17, 15) is 0 Å². The van der Waals surface area contributed by atoms with Crippen molar-refractivity contribution in [2.75, 3.05) is 0 Å². The second kappa shape index (κ2) is 33.6. The monoisotopic (exact) mass is 1580 g/mol. The molecule has 4 heterocycles. The molecule has 4 aromatic heterocycles. The van der Waals surface area contributed by atoms with Crippen molar-refractivity contribution >= 4 is 43.1 Å². The molecule has 0 N–H and O–H groups in total. The number of benzene rings is 18. The molecular weight excluding hydrogens is 1510 g/mol. The van der Waals surface area contributed by atoms with Crippen LogP contribution in [0.5, 0.6) is 0 Å². The van der Waals surface area contributed by atoms with Crippen molar-refractivity contribution in [1.82, 2.24) is 39.9 Å². The van der Waals surface area contributed by atoms with Crippen molar-refractivity contribution in [1.29, 1.82) is 0 Å². The Bertz CT molecular complexity index is 6540. The highest BCUT2D eigenvalue weighted by molar-refractivity contribution is 6.17. The Hall–Kier alpha value is -16.7. The summed E-state index contributed by atoms with van der Waals surface area (Å²) in [6.45, 7) is 0. The summed E-state index contributed by atoms with van der Waals surface area (Å²) in [4.78, 5) is 40.7. The Balaban J connectivity index is 0.000000152. The van der Waals surface area contributed by atoms with Gasteiger partial charge in [0, 0.05) is 66.8 Å². The summed E-state index contributed by atoms with van der Waals surface area (Å²) in [5, 5.41) is 9.58. The first-order chi connectivity index (χ1) is 61.4. The number of hydrogen-bond acceptors (Lipinski definition) is 8. The van der Waals surface area contributed by atoms with E-state index >= 15 is 0 Å². The van der Waals surface area contributed by atoms with Crippen molar-refractivity contribution < 1.29 is 0 Å². The van der Waals surface area contributed by atoms with Crippen molar-refractivity contribution in [3.8, 4) is 180 Å². The lowest BCUT2D eigenvalue weighted by Crippen LogP contribution is -1.96. The number of hydrogen-bond donors (Lipinski definition) is 0. The zero-order valence-electron chi connectivity index (χ0n) is 67.5. The van der Waals surface area contributed by atoms with E-state index in [1.54, 1.807) is 0 Å². The zero-order valence-corrected chi connectivity index (χ0v) is 67.5. The average molecular weight is 1580 g/mol. The molecule has 8 heteroatoms. The molecule has 0 amide bonds.